The van der Waals surface area contributed by atoms with E-state index in [1.807, 2.05) is 6.07 Å². The molecular weight excluding hydrogens is 439 g/mol. The Bertz CT molecular complexity index is 681. The minimum atomic E-state index is 0. The monoisotopic (exact) mass is 466 g/mol. The molecule has 2 aromatic rings. The van der Waals surface area contributed by atoms with Crippen molar-refractivity contribution < 1.29 is 0 Å². The van der Waals surface area contributed by atoms with Gasteiger partial charge >= 0.3 is 0 Å². The molecule has 0 unspecified atom stereocenters. The van der Waals surface area contributed by atoms with Gasteiger partial charge in [0.05, 0.1) is 6.54 Å². The van der Waals surface area contributed by atoms with Crippen LogP contribution in [0.2, 0.25) is 0 Å². The molecule has 1 N–H and O–H groups in total. The van der Waals surface area contributed by atoms with Crippen molar-refractivity contribution in [3.05, 3.63) is 53.9 Å². The number of piperazine rings is 1. The van der Waals surface area contributed by atoms with Crippen LogP contribution in [0, 0.1) is 6.92 Å². The molecule has 0 bridgehead atoms. The summed E-state index contributed by atoms with van der Waals surface area (Å²) in [6.07, 6.45) is 3.59. The number of nitrogens with zero attached hydrogens (tertiary/aromatic N) is 5. The lowest BCUT2D eigenvalue weighted by Gasteiger charge is -2.36. The Balaban J connectivity index is 0.00000243. The van der Waals surface area contributed by atoms with Crippen molar-refractivity contribution in [2.75, 3.05) is 37.6 Å². The maximum absolute atomic E-state index is 4.82. The second-order valence-electron chi connectivity index (χ2n) is 6.18. The van der Waals surface area contributed by atoms with Crippen LogP contribution in [0.4, 0.5) is 5.95 Å². The molecule has 140 valence electrons. The number of hydrogen-bond donors (Lipinski definition) is 1. The number of benzene rings is 1. The maximum Gasteiger partial charge on any atom is 0.225 e. The van der Waals surface area contributed by atoms with Gasteiger partial charge in [0.2, 0.25) is 5.95 Å². The number of hydrogen-bond acceptors (Lipinski definition) is 4. The van der Waals surface area contributed by atoms with Gasteiger partial charge in [-0.05, 0) is 25.5 Å². The van der Waals surface area contributed by atoms with E-state index in [0.717, 1.165) is 44.6 Å². The third-order valence-corrected chi connectivity index (χ3v) is 4.28. The predicted octanol–water partition coefficient (Wildman–Crippen LogP) is 2.69. The summed E-state index contributed by atoms with van der Waals surface area (Å²) in [7, 11) is 0. The predicted molar refractivity (Wildman–Crippen MR) is 117 cm³/mol. The number of rotatable bonds is 4. The van der Waals surface area contributed by atoms with Crippen LogP contribution in [-0.4, -0.2) is 53.6 Å². The molecule has 0 atom stereocenters. The maximum atomic E-state index is 4.82. The van der Waals surface area contributed by atoms with Crippen molar-refractivity contribution in [2.45, 2.75) is 20.4 Å². The summed E-state index contributed by atoms with van der Waals surface area (Å²) >= 11 is 0. The number of aromatic nitrogens is 2. The van der Waals surface area contributed by atoms with Crippen molar-refractivity contribution in [1.82, 2.24) is 20.2 Å². The Kier molecular flexibility index (Phi) is 8.08. The minimum Gasteiger partial charge on any atom is -0.357 e. The van der Waals surface area contributed by atoms with Crippen LogP contribution in [0.1, 0.15) is 18.1 Å². The Morgan fingerprint density at radius 1 is 1.08 bits per heavy atom. The van der Waals surface area contributed by atoms with E-state index < -0.39 is 0 Å². The zero-order valence-corrected chi connectivity index (χ0v) is 17.8. The normalized spacial score (nSPS) is 14.8. The molecule has 1 aromatic heterocycles. The fourth-order valence-corrected chi connectivity index (χ4v) is 2.86. The number of guanidine groups is 1. The summed E-state index contributed by atoms with van der Waals surface area (Å²) in [4.78, 5) is 18.0. The quantitative estimate of drug-likeness (QED) is 0.427. The van der Waals surface area contributed by atoms with Gasteiger partial charge in [-0.15, -0.1) is 24.0 Å². The second-order valence-corrected chi connectivity index (χ2v) is 6.18. The standard InChI is InChI=1S/C19H26N6.HI/c1-3-20-18(23-15-17-7-5-16(2)6-8-17)24-11-13-25(14-12-24)19-21-9-4-10-22-19;/h4-10H,3,11-15H2,1-2H3,(H,20,23);1H. The molecule has 1 fully saturated rings. The lowest BCUT2D eigenvalue weighted by Crippen LogP contribution is -2.52. The Morgan fingerprint density at radius 3 is 2.35 bits per heavy atom. The van der Waals surface area contributed by atoms with Gasteiger partial charge in [0.25, 0.3) is 0 Å². The Labute approximate surface area is 172 Å². The molecule has 1 aromatic carbocycles. The molecule has 1 saturated heterocycles. The zero-order valence-electron chi connectivity index (χ0n) is 15.4. The third-order valence-electron chi connectivity index (χ3n) is 4.28. The lowest BCUT2D eigenvalue weighted by atomic mass is 10.1. The molecule has 7 heteroatoms. The molecule has 0 spiro atoms. The molecule has 0 saturated carbocycles. The van der Waals surface area contributed by atoms with Gasteiger partial charge in [0, 0.05) is 45.1 Å². The molecule has 6 nitrogen and oxygen atoms in total. The van der Waals surface area contributed by atoms with E-state index >= 15 is 0 Å². The van der Waals surface area contributed by atoms with Crippen molar-refractivity contribution in [3.63, 3.8) is 0 Å². The van der Waals surface area contributed by atoms with Crippen LogP contribution in [0.3, 0.4) is 0 Å². The summed E-state index contributed by atoms with van der Waals surface area (Å²) in [6, 6.07) is 10.4. The van der Waals surface area contributed by atoms with Crippen molar-refractivity contribution in [3.8, 4) is 0 Å². The van der Waals surface area contributed by atoms with Crippen LogP contribution in [0.25, 0.3) is 0 Å². The summed E-state index contributed by atoms with van der Waals surface area (Å²) in [5.74, 6) is 1.79. The van der Waals surface area contributed by atoms with E-state index in [1.165, 1.54) is 11.1 Å². The number of aliphatic imine (C=N–C) groups is 1. The van der Waals surface area contributed by atoms with E-state index in [0.29, 0.717) is 6.54 Å². The van der Waals surface area contributed by atoms with E-state index in [-0.39, 0.29) is 24.0 Å². The second kappa shape index (κ2) is 10.3. The molecule has 0 aliphatic carbocycles. The van der Waals surface area contributed by atoms with Gasteiger partial charge in [-0.25, -0.2) is 15.0 Å². The summed E-state index contributed by atoms with van der Waals surface area (Å²) < 4.78 is 0. The molecular formula is C19H27IN6. The highest BCUT2D eigenvalue weighted by Gasteiger charge is 2.20. The van der Waals surface area contributed by atoms with Gasteiger partial charge in [0.1, 0.15) is 0 Å². The highest BCUT2D eigenvalue weighted by atomic mass is 127. The number of nitrogens with one attached hydrogen (secondary N) is 1. The largest absolute Gasteiger partial charge is 0.357 e. The number of aryl methyl sites for hydroxylation is 1. The SMILES string of the molecule is CCNC(=NCc1ccc(C)cc1)N1CCN(c2ncccn2)CC1.I. The fourth-order valence-electron chi connectivity index (χ4n) is 2.86. The average Bonchev–Trinajstić information content (AvgIpc) is 2.67. The van der Waals surface area contributed by atoms with E-state index in [1.54, 1.807) is 12.4 Å². The van der Waals surface area contributed by atoms with Crippen LogP contribution < -0.4 is 10.2 Å². The Morgan fingerprint density at radius 2 is 1.73 bits per heavy atom. The summed E-state index contributed by atoms with van der Waals surface area (Å²) in [5, 5.41) is 3.41. The molecule has 1 aliphatic heterocycles. The van der Waals surface area contributed by atoms with Gasteiger partial charge in [0.15, 0.2) is 5.96 Å². The summed E-state index contributed by atoms with van der Waals surface area (Å²) in [6.45, 7) is 9.41. The van der Waals surface area contributed by atoms with Gasteiger partial charge in [-0.2, -0.15) is 0 Å². The molecule has 1 aliphatic rings. The third kappa shape index (κ3) is 5.55. The first kappa shape index (κ1) is 20.4. The van der Waals surface area contributed by atoms with Crippen LogP contribution in [0.15, 0.2) is 47.7 Å². The topological polar surface area (TPSA) is 56.7 Å². The molecule has 0 amide bonds. The van der Waals surface area contributed by atoms with Gasteiger partial charge in [-0.1, -0.05) is 29.8 Å². The Hall–Kier alpha value is -1.90. The van der Waals surface area contributed by atoms with E-state index in [9.17, 15) is 0 Å². The minimum absolute atomic E-state index is 0. The van der Waals surface area contributed by atoms with Crippen molar-refractivity contribution in [2.24, 2.45) is 4.99 Å². The molecule has 26 heavy (non-hydrogen) atoms. The van der Waals surface area contributed by atoms with Crippen LogP contribution in [0.5, 0.6) is 0 Å². The smallest absolute Gasteiger partial charge is 0.225 e. The zero-order chi connectivity index (χ0) is 17.5. The van der Waals surface area contributed by atoms with Gasteiger partial charge < -0.3 is 15.1 Å². The van der Waals surface area contributed by atoms with E-state index in [2.05, 4.69) is 63.2 Å². The molecule has 2 heterocycles. The molecule has 0 radical (unpaired) electrons. The first-order chi connectivity index (χ1) is 12.3. The van der Waals surface area contributed by atoms with Crippen LogP contribution >= 0.6 is 24.0 Å². The first-order valence-electron chi connectivity index (χ1n) is 8.87. The lowest BCUT2D eigenvalue weighted by molar-refractivity contribution is 0.370. The average molecular weight is 466 g/mol. The van der Waals surface area contributed by atoms with Crippen molar-refractivity contribution in [1.29, 1.82) is 0 Å². The molecule has 3 rings (SSSR count). The van der Waals surface area contributed by atoms with Crippen LogP contribution in [-0.2, 0) is 6.54 Å². The highest BCUT2D eigenvalue weighted by Crippen LogP contribution is 2.10. The number of halogens is 1. The van der Waals surface area contributed by atoms with Crippen molar-refractivity contribution >= 4 is 35.9 Å². The highest BCUT2D eigenvalue weighted by molar-refractivity contribution is 14.0. The van der Waals surface area contributed by atoms with E-state index in [4.69, 9.17) is 4.99 Å². The summed E-state index contributed by atoms with van der Waals surface area (Å²) in [5.41, 5.74) is 2.51. The fraction of sp³-hybridized carbons (Fsp3) is 0.421. The number of anilines is 1. The first-order valence-corrected chi connectivity index (χ1v) is 8.87. The van der Waals surface area contributed by atoms with Gasteiger partial charge in [-0.3, -0.25) is 0 Å².